The quantitative estimate of drug-likeness (QED) is 0.578. The predicted octanol–water partition coefficient (Wildman–Crippen LogP) is 3.52. The Morgan fingerprint density at radius 2 is 2.12 bits per heavy atom. The van der Waals surface area contributed by atoms with Crippen molar-refractivity contribution < 1.29 is 19.1 Å². The average molecular weight is 482 g/mol. The van der Waals surface area contributed by atoms with Crippen molar-refractivity contribution in [3.63, 3.8) is 0 Å². The molecule has 0 radical (unpaired) electrons. The van der Waals surface area contributed by atoms with Crippen LogP contribution in [-0.2, 0) is 11.3 Å². The Balaban J connectivity index is 1.35. The number of fused-ring (bicyclic) bond motifs is 1. The van der Waals surface area contributed by atoms with E-state index < -0.39 is 0 Å². The van der Waals surface area contributed by atoms with Gasteiger partial charge < -0.3 is 19.7 Å². The zero-order valence-electron chi connectivity index (χ0n) is 18.6. The summed E-state index contributed by atoms with van der Waals surface area (Å²) in [5, 5.41) is 7.99. The minimum Gasteiger partial charge on any atom is -0.488 e. The molecule has 0 saturated carbocycles. The molecule has 176 valence electrons. The van der Waals surface area contributed by atoms with E-state index >= 15 is 0 Å². The number of halogens is 1. The number of amides is 2. The van der Waals surface area contributed by atoms with Crippen LogP contribution in [0.5, 0.6) is 5.75 Å². The number of hydrogen-bond donors (Lipinski definition) is 1. The Bertz CT molecular complexity index is 1210. The largest absolute Gasteiger partial charge is 0.488 e. The molecule has 3 aromatic rings. The molecule has 0 unspecified atom stereocenters. The average Bonchev–Trinajstić information content (AvgIpc) is 3.43. The van der Waals surface area contributed by atoms with Gasteiger partial charge in [0.05, 0.1) is 17.9 Å². The van der Waals surface area contributed by atoms with Crippen molar-refractivity contribution in [2.24, 2.45) is 0 Å². The van der Waals surface area contributed by atoms with E-state index in [-0.39, 0.29) is 29.8 Å². The highest BCUT2D eigenvalue weighted by molar-refractivity contribution is 6.30. The Morgan fingerprint density at radius 3 is 2.88 bits per heavy atom. The van der Waals surface area contributed by atoms with Gasteiger partial charge in [-0.3, -0.25) is 4.79 Å². The molecule has 0 aliphatic carbocycles. The highest BCUT2D eigenvalue weighted by Gasteiger charge is 2.39. The van der Waals surface area contributed by atoms with Crippen LogP contribution < -0.4 is 10.1 Å². The fourth-order valence-electron chi connectivity index (χ4n) is 4.19. The van der Waals surface area contributed by atoms with Crippen LogP contribution in [0.15, 0.2) is 48.8 Å². The van der Waals surface area contributed by atoms with Gasteiger partial charge in [-0.1, -0.05) is 23.7 Å². The van der Waals surface area contributed by atoms with Crippen LogP contribution in [-0.4, -0.2) is 57.0 Å². The minimum atomic E-state index is -0.312. The second-order valence-electron chi connectivity index (χ2n) is 8.44. The summed E-state index contributed by atoms with van der Waals surface area (Å²) in [6.45, 7) is 3.19. The van der Waals surface area contributed by atoms with Crippen molar-refractivity contribution in [2.75, 3.05) is 13.2 Å². The number of hydrogen-bond acceptors (Lipinski definition) is 6. The summed E-state index contributed by atoms with van der Waals surface area (Å²) in [5.74, 6) is 0.200. The molecule has 2 saturated heterocycles. The lowest BCUT2D eigenvalue weighted by Crippen LogP contribution is -2.44. The van der Waals surface area contributed by atoms with E-state index in [1.807, 2.05) is 31.3 Å². The second kappa shape index (κ2) is 9.34. The minimum absolute atomic E-state index is 0.00521. The number of nitrogens with zero attached hydrogens (tertiary/aromatic N) is 4. The highest BCUT2D eigenvalue weighted by atomic mass is 35.5. The highest BCUT2D eigenvalue weighted by Crippen LogP contribution is 2.30. The molecule has 2 amide bonds. The number of aryl methyl sites for hydroxylation is 1. The number of benzene rings is 1. The standard InChI is InChI=1S/C24H24ClN5O4/c1-15-6-9-30(28-15)21-13-26-20(23(31)27-12-16-2-4-17(25)5-3-16)11-22(21)34-19-7-8-29-18(10-19)14-33-24(29)32/h2-6,9,11,13,18-19H,7-8,10,12,14H2,1H3,(H,27,31)/t18-,19-/m0/s1. The monoisotopic (exact) mass is 481 g/mol. The van der Waals surface area contributed by atoms with Crippen LogP contribution in [0.25, 0.3) is 5.69 Å². The predicted molar refractivity (Wildman–Crippen MR) is 124 cm³/mol. The summed E-state index contributed by atoms with van der Waals surface area (Å²) >= 11 is 5.93. The molecular weight excluding hydrogens is 458 g/mol. The summed E-state index contributed by atoms with van der Waals surface area (Å²) in [4.78, 5) is 30.7. The molecule has 2 aliphatic rings. The number of carbonyl (C=O) groups is 2. The molecule has 2 atom stereocenters. The number of carbonyl (C=O) groups excluding carboxylic acids is 2. The van der Waals surface area contributed by atoms with Crippen LogP contribution in [0.4, 0.5) is 4.79 Å². The van der Waals surface area contributed by atoms with Crippen LogP contribution in [0.1, 0.15) is 34.6 Å². The summed E-state index contributed by atoms with van der Waals surface area (Å²) in [5.41, 5.74) is 2.67. The molecule has 34 heavy (non-hydrogen) atoms. The maximum Gasteiger partial charge on any atom is 0.410 e. The number of aromatic nitrogens is 3. The third-order valence-corrected chi connectivity index (χ3v) is 6.26. The third kappa shape index (κ3) is 4.70. The fourth-order valence-corrected chi connectivity index (χ4v) is 4.32. The van der Waals surface area contributed by atoms with Crippen molar-refractivity contribution in [3.8, 4) is 11.4 Å². The van der Waals surface area contributed by atoms with Gasteiger partial charge in [0.1, 0.15) is 29.8 Å². The van der Waals surface area contributed by atoms with Gasteiger partial charge in [-0.05, 0) is 30.7 Å². The maximum atomic E-state index is 12.8. The van der Waals surface area contributed by atoms with Crippen LogP contribution in [0.3, 0.4) is 0 Å². The van der Waals surface area contributed by atoms with Crippen molar-refractivity contribution in [1.29, 1.82) is 0 Å². The van der Waals surface area contributed by atoms with Crippen molar-refractivity contribution in [3.05, 3.63) is 70.8 Å². The van der Waals surface area contributed by atoms with Gasteiger partial charge in [0.15, 0.2) is 0 Å². The number of piperidine rings is 1. The first-order valence-electron chi connectivity index (χ1n) is 11.1. The van der Waals surface area contributed by atoms with Gasteiger partial charge in [-0.25, -0.2) is 14.5 Å². The summed E-state index contributed by atoms with van der Waals surface area (Å²) in [7, 11) is 0. The number of ether oxygens (including phenoxy) is 2. The molecule has 0 bridgehead atoms. The molecule has 1 N–H and O–H groups in total. The zero-order chi connectivity index (χ0) is 23.7. The van der Waals surface area contributed by atoms with Gasteiger partial charge in [0.2, 0.25) is 0 Å². The van der Waals surface area contributed by atoms with E-state index in [2.05, 4.69) is 15.4 Å². The van der Waals surface area contributed by atoms with Crippen LogP contribution >= 0.6 is 11.6 Å². The lowest BCUT2D eigenvalue weighted by Gasteiger charge is -2.32. The normalized spacial score (nSPS) is 19.5. The van der Waals surface area contributed by atoms with Crippen molar-refractivity contribution in [1.82, 2.24) is 25.0 Å². The third-order valence-electron chi connectivity index (χ3n) is 6.01. The first kappa shape index (κ1) is 22.2. The van der Waals surface area contributed by atoms with E-state index in [1.54, 1.807) is 34.0 Å². The lowest BCUT2D eigenvalue weighted by molar-refractivity contribution is 0.0911. The number of rotatable bonds is 6. The van der Waals surface area contributed by atoms with Crippen molar-refractivity contribution >= 4 is 23.6 Å². The Hall–Kier alpha value is -3.59. The zero-order valence-corrected chi connectivity index (χ0v) is 19.4. The first-order chi connectivity index (χ1) is 16.5. The summed E-state index contributed by atoms with van der Waals surface area (Å²) in [6.07, 6.45) is 4.35. The Morgan fingerprint density at radius 1 is 1.29 bits per heavy atom. The molecule has 2 aromatic heterocycles. The van der Waals surface area contributed by atoms with Gasteiger partial charge in [0, 0.05) is 43.2 Å². The van der Waals surface area contributed by atoms with Gasteiger partial charge in [0.25, 0.3) is 5.91 Å². The first-order valence-corrected chi connectivity index (χ1v) is 11.5. The molecule has 2 fully saturated rings. The fraction of sp³-hybridized carbons (Fsp3) is 0.333. The molecule has 4 heterocycles. The molecular formula is C24H24ClN5O4. The molecule has 9 nitrogen and oxygen atoms in total. The van der Waals surface area contributed by atoms with E-state index in [1.165, 1.54) is 0 Å². The summed E-state index contributed by atoms with van der Waals surface area (Å²) < 4.78 is 13.2. The van der Waals surface area contributed by atoms with Gasteiger partial charge >= 0.3 is 6.09 Å². The Labute approximate surface area is 201 Å². The van der Waals surface area contributed by atoms with E-state index in [4.69, 9.17) is 21.1 Å². The second-order valence-corrected chi connectivity index (χ2v) is 8.87. The molecule has 10 heteroatoms. The van der Waals surface area contributed by atoms with E-state index in [9.17, 15) is 9.59 Å². The summed E-state index contributed by atoms with van der Waals surface area (Å²) in [6, 6.07) is 10.8. The van der Waals surface area contributed by atoms with Crippen LogP contribution in [0.2, 0.25) is 5.02 Å². The lowest BCUT2D eigenvalue weighted by atomic mass is 10.0. The van der Waals surface area contributed by atoms with Gasteiger partial charge in [-0.2, -0.15) is 5.10 Å². The Kier molecular flexibility index (Phi) is 6.10. The van der Waals surface area contributed by atoms with E-state index in [0.29, 0.717) is 49.0 Å². The maximum absolute atomic E-state index is 12.8. The topological polar surface area (TPSA) is 98.6 Å². The smallest absolute Gasteiger partial charge is 0.410 e. The van der Waals surface area contributed by atoms with E-state index in [0.717, 1.165) is 11.3 Å². The number of nitrogens with one attached hydrogen (secondary N) is 1. The van der Waals surface area contributed by atoms with Gasteiger partial charge in [-0.15, -0.1) is 0 Å². The molecule has 0 spiro atoms. The molecule has 1 aromatic carbocycles. The molecule has 5 rings (SSSR count). The SMILES string of the molecule is Cc1ccn(-c2cnc(C(=O)NCc3ccc(Cl)cc3)cc2O[C@H]2CCN3C(=O)OC[C@@H]3C2)n1. The van der Waals surface area contributed by atoms with Crippen molar-refractivity contribution in [2.45, 2.75) is 38.5 Å². The number of cyclic esters (lactones) is 1. The number of pyridine rings is 1. The molecule has 2 aliphatic heterocycles. The van der Waals surface area contributed by atoms with Crippen LogP contribution in [0, 0.1) is 6.92 Å².